The molecule has 2 atom stereocenters. The Morgan fingerprint density at radius 2 is 2.50 bits per heavy atom. The molecule has 60 valence electrons. The molecule has 0 radical (unpaired) electrons. The van der Waals surface area contributed by atoms with E-state index in [0.29, 0.717) is 6.04 Å². The Morgan fingerprint density at radius 1 is 1.80 bits per heavy atom. The van der Waals surface area contributed by atoms with Crippen LogP contribution >= 0.6 is 0 Å². The molecule has 3 nitrogen and oxygen atoms in total. The van der Waals surface area contributed by atoms with Gasteiger partial charge >= 0.3 is 0 Å². The Bertz CT molecular complexity index is 108. The number of hydrogen-bond acceptors (Lipinski definition) is 3. The largest absolute Gasteiger partial charge is 0.395 e. The van der Waals surface area contributed by atoms with Gasteiger partial charge in [-0.1, -0.05) is 0 Å². The third-order valence-electron chi connectivity index (χ3n) is 2.14. The minimum atomic E-state index is 0.243. The number of nitrogens with zero attached hydrogens (tertiary/aromatic N) is 1. The van der Waals surface area contributed by atoms with E-state index in [0.717, 1.165) is 19.5 Å². The van der Waals surface area contributed by atoms with Crippen molar-refractivity contribution in [3.63, 3.8) is 0 Å². The van der Waals surface area contributed by atoms with Gasteiger partial charge in [0, 0.05) is 25.2 Å². The summed E-state index contributed by atoms with van der Waals surface area (Å²) in [6, 6.07) is 0.613. The summed E-state index contributed by atoms with van der Waals surface area (Å²) < 4.78 is 0. The molecule has 0 amide bonds. The minimum absolute atomic E-state index is 0.243. The van der Waals surface area contributed by atoms with Gasteiger partial charge in [-0.3, -0.25) is 4.90 Å². The first-order valence-electron chi connectivity index (χ1n) is 3.84. The van der Waals surface area contributed by atoms with E-state index in [-0.39, 0.29) is 12.6 Å². The highest BCUT2D eigenvalue weighted by molar-refractivity contribution is 4.80. The number of hydrogen-bond donors (Lipinski definition) is 2. The van der Waals surface area contributed by atoms with Gasteiger partial charge in [-0.2, -0.15) is 0 Å². The van der Waals surface area contributed by atoms with Crippen molar-refractivity contribution in [3.05, 3.63) is 0 Å². The third kappa shape index (κ3) is 1.68. The highest BCUT2D eigenvalue weighted by atomic mass is 16.3. The quantitative estimate of drug-likeness (QED) is 0.544. The van der Waals surface area contributed by atoms with E-state index in [2.05, 4.69) is 4.90 Å². The van der Waals surface area contributed by atoms with Crippen LogP contribution in [0.15, 0.2) is 0 Å². The number of aliphatic hydroxyl groups is 1. The summed E-state index contributed by atoms with van der Waals surface area (Å²) in [4.78, 5) is 2.23. The van der Waals surface area contributed by atoms with Crippen molar-refractivity contribution in [2.75, 3.05) is 19.7 Å². The molecule has 0 bridgehead atoms. The van der Waals surface area contributed by atoms with Gasteiger partial charge in [0.05, 0.1) is 6.61 Å². The number of likely N-dealkylation sites (tertiary alicyclic amines) is 1. The first-order chi connectivity index (χ1) is 4.74. The van der Waals surface area contributed by atoms with Crippen LogP contribution in [0.25, 0.3) is 0 Å². The first kappa shape index (κ1) is 7.98. The fourth-order valence-electron chi connectivity index (χ4n) is 1.33. The van der Waals surface area contributed by atoms with Crippen molar-refractivity contribution in [1.82, 2.24) is 4.90 Å². The van der Waals surface area contributed by atoms with Crippen molar-refractivity contribution < 1.29 is 5.11 Å². The lowest BCUT2D eigenvalue weighted by atomic mass is 10.3. The first-order valence-corrected chi connectivity index (χ1v) is 3.84. The molecule has 0 spiro atoms. The van der Waals surface area contributed by atoms with E-state index in [1.165, 1.54) is 0 Å². The van der Waals surface area contributed by atoms with Gasteiger partial charge in [0.15, 0.2) is 0 Å². The van der Waals surface area contributed by atoms with Crippen LogP contribution in [0, 0.1) is 0 Å². The minimum Gasteiger partial charge on any atom is -0.395 e. The van der Waals surface area contributed by atoms with E-state index < -0.39 is 0 Å². The number of nitrogens with two attached hydrogens (primary N) is 1. The Hall–Kier alpha value is -0.120. The number of aliphatic hydroxyl groups excluding tert-OH is 1. The lowest BCUT2D eigenvalue weighted by molar-refractivity contribution is 0.157. The van der Waals surface area contributed by atoms with Crippen LogP contribution in [0.3, 0.4) is 0 Å². The Labute approximate surface area is 61.8 Å². The zero-order chi connectivity index (χ0) is 7.56. The lowest BCUT2D eigenvalue weighted by Gasteiger charge is -2.21. The van der Waals surface area contributed by atoms with Crippen molar-refractivity contribution in [2.45, 2.75) is 25.4 Å². The molecule has 0 aromatic heterocycles. The average Bonchev–Trinajstić information content (AvgIpc) is 2.34. The van der Waals surface area contributed by atoms with Crippen LogP contribution in [-0.4, -0.2) is 41.8 Å². The van der Waals surface area contributed by atoms with Crippen molar-refractivity contribution in [1.29, 1.82) is 0 Å². The van der Waals surface area contributed by atoms with Crippen LogP contribution in [0.5, 0.6) is 0 Å². The predicted molar refractivity (Wildman–Crippen MR) is 40.7 cm³/mol. The molecular weight excluding hydrogens is 128 g/mol. The molecule has 0 aliphatic carbocycles. The zero-order valence-electron chi connectivity index (χ0n) is 6.45. The molecule has 0 saturated carbocycles. The van der Waals surface area contributed by atoms with Crippen molar-refractivity contribution in [3.8, 4) is 0 Å². The SMILES string of the molecule is CC(CO)N1CCC(N)C1. The third-order valence-corrected chi connectivity index (χ3v) is 2.14. The van der Waals surface area contributed by atoms with Gasteiger partial charge in [-0.15, -0.1) is 0 Å². The van der Waals surface area contributed by atoms with Crippen molar-refractivity contribution in [2.24, 2.45) is 5.73 Å². The van der Waals surface area contributed by atoms with E-state index in [4.69, 9.17) is 10.8 Å². The van der Waals surface area contributed by atoms with Gasteiger partial charge in [-0.25, -0.2) is 0 Å². The summed E-state index contributed by atoms with van der Waals surface area (Å²) in [6.45, 7) is 4.26. The summed E-state index contributed by atoms with van der Waals surface area (Å²) >= 11 is 0. The topological polar surface area (TPSA) is 49.5 Å². The molecule has 2 unspecified atom stereocenters. The fourth-order valence-corrected chi connectivity index (χ4v) is 1.33. The Kier molecular flexibility index (Phi) is 2.65. The molecule has 1 aliphatic rings. The molecule has 1 aliphatic heterocycles. The molecule has 3 N–H and O–H groups in total. The molecular formula is C7H16N2O. The highest BCUT2D eigenvalue weighted by Gasteiger charge is 2.22. The van der Waals surface area contributed by atoms with E-state index in [9.17, 15) is 0 Å². The van der Waals surface area contributed by atoms with Crippen molar-refractivity contribution >= 4 is 0 Å². The maximum Gasteiger partial charge on any atom is 0.0584 e. The van der Waals surface area contributed by atoms with E-state index >= 15 is 0 Å². The molecule has 3 heteroatoms. The van der Waals surface area contributed by atoms with Gasteiger partial charge in [0.25, 0.3) is 0 Å². The highest BCUT2D eigenvalue weighted by Crippen LogP contribution is 2.09. The standard InChI is InChI=1S/C7H16N2O/c1-6(5-10)9-3-2-7(8)4-9/h6-7,10H,2-5,8H2,1H3. The second kappa shape index (κ2) is 3.32. The monoisotopic (exact) mass is 144 g/mol. The smallest absolute Gasteiger partial charge is 0.0584 e. The molecule has 1 heterocycles. The maximum absolute atomic E-state index is 8.80. The van der Waals surface area contributed by atoms with E-state index in [1.807, 2.05) is 6.92 Å². The molecule has 1 saturated heterocycles. The molecule has 10 heavy (non-hydrogen) atoms. The van der Waals surface area contributed by atoms with Gasteiger partial charge in [0.2, 0.25) is 0 Å². The molecule has 1 fully saturated rings. The van der Waals surface area contributed by atoms with Crippen LogP contribution in [0.1, 0.15) is 13.3 Å². The second-order valence-corrected chi connectivity index (χ2v) is 3.08. The fraction of sp³-hybridized carbons (Fsp3) is 1.00. The van der Waals surface area contributed by atoms with Crippen LogP contribution in [-0.2, 0) is 0 Å². The molecule has 1 rings (SSSR count). The zero-order valence-corrected chi connectivity index (χ0v) is 6.45. The summed E-state index contributed by atoms with van der Waals surface area (Å²) in [5.74, 6) is 0. The van der Waals surface area contributed by atoms with Crippen LogP contribution < -0.4 is 5.73 Å². The van der Waals surface area contributed by atoms with Gasteiger partial charge < -0.3 is 10.8 Å². The summed E-state index contributed by atoms with van der Waals surface area (Å²) in [7, 11) is 0. The molecule has 0 aromatic rings. The van der Waals surface area contributed by atoms with E-state index in [1.54, 1.807) is 0 Å². The van der Waals surface area contributed by atoms with Gasteiger partial charge in [-0.05, 0) is 13.3 Å². The van der Waals surface area contributed by atoms with Crippen LogP contribution in [0.2, 0.25) is 0 Å². The average molecular weight is 144 g/mol. The summed E-state index contributed by atoms with van der Waals surface area (Å²) in [6.07, 6.45) is 1.07. The predicted octanol–water partition coefficient (Wildman–Crippen LogP) is -0.600. The summed E-state index contributed by atoms with van der Waals surface area (Å²) in [5.41, 5.74) is 5.69. The lowest BCUT2D eigenvalue weighted by Crippen LogP contribution is -2.35. The summed E-state index contributed by atoms with van der Waals surface area (Å²) in [5, 5.41) is 8.80. The molecule has 0 aromatic carbocycles. The maximum atomic E-state index is 8.80. The van der Waals surface area contributed by atoms with Gasteiger partial charge in [0.1, 0.15) is 0 Å². The van der Waals surface area contributed by atoms with Crippen LogP contribution in [0.4, 0.5) is 0 Å². The Balaban J connectivity index is 2.29. The number of rotatable bonds is 2. The second-order valence-electron chi connectivity index (χ2n) is 3.08. The normalized spacial score (nSPS) is 30.9. The Morgan fingerprint density at radius 3 is 2.90 bits per heavy atom.